The van der Waals surface area contributed by atoms with Crippen LogP contribution in [0.25, 0.3) is 0 Å². The van der Waals surface area contributed by atoms with Crippen molar-refractivity contribution in [3.05, 3.63) is 63.1 Å². The molecule has 0 fully saturated rings. The third-order valence-corrected chi connectivity index (χ3v) is 4.01. The largest absolute Gasteiger partial charge is 0.325 e. The van der Waals surface area contributed by atoms with Crippen molar-refractivity contribution in [2.45, 2.75) is 19.8 Å². The lowest BCUT2D eigenvalue weighted by molar-refractivity contribution is -0.116. The second-order valence-electron chi connectivity index (χ2n) is 4.60. The van der Waals surface area contributed by atoms with Crippen LogP contribution in [-0.4, -0.2) is 5.91 Å². The first kappa shape index (κ1) is 15.1. The van der Waals surface area contributed by atoms with Crippen molar-refractivity contribution < 1.29 is 4.79 Å². The molecular weight excluding hydrogens is 338 g/mol. The van der Waals surface area contributed by atoms with Crippen LogP contribution in [-0.2, 0) is 11.2 Å². The van der Waals surface area contributed by atoms with E-state index in [9.17, 15) is 4.79 Å². The summed E-state index contributed by atoms with van der Waals surface area (Å²) in [5.74, 6) is -0.0174. The highest BCUT2D eigenvalue weighted by Crippen LogP contribution is 2.26. The van der Waals surface area contributed by atoms with Crippen LogP contribution < -0.4 is 5.32 Å². The summed E-state index contributed by atoms with van der Waals surface area (Å²) in [4.78, 5) is 12.0. The molecule has 1 amide bonds. The maximum Gasteiger partial charge on any atom is 0.224 e. The fourth-order valence-corrected chi connectivity index (χ4v) is 2.46. The number of aryl methyl sites for hydroxylation is 2. The summed E-state index contributed by atoms with van der Waals surface area (Å²) < 4.78 is 0.825. The van der Waals surface area contributed by atoms with Crippen LogP contribution in [0, 0.1) is 6.92 Å². The molecule has 0 spiro atoms. The highest BCUT2D eigenvalue weighted by molar-refractivity contribution is 9.10. The van der Waals surface area contributed by atoms with Crippen molar-refractivity contribution in [3.8, 4) is 0 Å². The molecule has 0 saturated carbocycles. The molecule has 4 heteroatoms. The van der Waals surface area contributed by atoms with Crippen LogP contribution in [0.5, 0.6) is 0 Å². The Balaban J connectivity index is 1.96. The Morgan fingerprint density at radius 3 is 2.75 bits per heavy atom. The Bertz CT molecular complexity index is 628. The van der Waals surface area contributed by atoms with Crippen molar-refractivity contribution in [1.29, 1.82) is 0 Å². The molecule has 0 aliphatic heterocycles. The van der Waals surface area contributed by atoms with E-state index in [2.05, 4.69) is 40.3 Å². The van der Waals surface area contributed by atoms with Gasteiger partial charge in [-0.15, -0.1) is 0 Å². The van der Waals surface area contributed by atoms with E-state index in [4.69, 9.17) is 11.6 Å². The quantitative estimate of drug-likeness (QED) is 0.826. The van der Waals surface area contributed by atoms with Gasteiger partial charge < -0.3 is 5.32 Å². The molecule has 1 N–H and O–H groups in total. The lowest BCUT2D eigenvalue weighted by Gasteiger charge is -2.09. The van der Waals surface area contributed by atoms with Gasteiger partial charge in [0.2, 0.25) is 5.91 Å². The molecule has 2 aromatic carbocycles. The SMILES string of the molecule is Cc1ccccc1CCC(=O)Nc1cc(Cl)ccc1Br. The molecule has 20 heavy (non-hydrogen) atoms. The predicted octanol–water partition coefficient (Wildman–Crippen LogP) is 4.98. The topological polar surface area (TPSA) is 29.1 Å². The lowest BCUT2D eigenvalue weighted by Crippen LogP contribution is -2.13. The highest BCUT2D eigenvalue weighted by Gasteiger charge is 2.07. The van der Waals surface area contributed by atoms with Gasteiger partial charge in [0.25, 0.3) is 0 Å². The van der Waals surface area contributed by atoms with E-state index in [0.29, 0.717) is 17.1 Å². The number of carbonyl (C=O) groups excluding carboxylic acids is 1. The van der Waals surface area contributed by atoms with Gasteiger partial charge in [-0.3, -0.25) is 4.79 Å². The number of anilines is 1. The summed E-state index contributed by atoms with van der Waals surface area (Å²) in [7, 11) is 0. The van der Waals surface area contributed by atoms with Crippen molar-refractivity contribution >= 4 is 39.1 Å². The second kappa shape index (κ2) is 6.91. The molecule has 0 heterocycles. The molecule has 104 valence electrons. The van der Waals surface area contributed by atoms with Gasteiger partial charge in [-0.2, -0.15) is 0 Å². The Hall–Kier alpha value is -1.32. The molecule has 2 rings (SSSR count). The van der Waals surface area contributed by atoms with Gasteiger partial charge in [0.1, 0.15) is 0 Å². The van der Waals surface area contributed by atoms with Crippen molar-refractivity contribution in [1.82, 2.24) is 0 Å². The Morgan fingerprint density at radius 2 is 2.00 bits per heavy atom. The van der Waals surface area contributed by atoms with E-state index in [-0.39, 0.29) is 5.91 Å². The molecule has 0 bridgehead atoms. The van der Waals surface area contributed by atoms with Crippen LogP contribution in [0.15, 0.2) is 46.9 Å². The van der Waals surface area contributed by atoms with Crippen molar-refractivity contribution in [2.75, 3.05) is 5.32 Å². The monoisotopic (exact) mass is 351 g/mol. The molecule has 2 aromatic rings. The minimum atomic E-state index is -0.0174. The van der Waals surface area contributed by atoms with E-state index in [1.54, 1.807) is 12.1 Å². The maximum atomic E-state index is 12.0. The number of amides is 1. The second-order valence-corrected chi connectivity index (χ2v) is 5.89. The molecule has 0 aliphatic rings. The number of nitrogens with one attached hydrogen (secondary N) is 1. The van der Waals surface area contributed by atoms with E-state index in [0.717, 1.165) is 10.9 Å². The number of rotatable bonds is 4. The van der Waals surface area contributed by atoms with Gasteiger partial charge in [-0.05, 0) is 58.6 Å². The van der Waals surface area contributed by atoms with Gasteiger partial charge in [0, 0.05) is 15.9 Å². The first-order valence-electron chi connectivity index (χ1n) is 6.35. The van der Waals surface area contributed by atoms with Crippen LogP contribution >= 0.6 is 27.5 Å². The van der Waals surface area contributed by atoms with E-state index in [1.807, 2.05) is 18.2 Å². The molecule has 0 aromatic heterocycles. The Morgan fingerprint density at radius 1 is 1.25 bits per heavy atom. The molecule has 0 unspecified atom stereocenters. The molecule has 0 aliphatic carbocycles. The summed E-state index contributed by atoms with van der Waals surface area (Å²) in [6, 6.07) is 13.4. The third-order valence-electron chi connectivity index (χ3n) is 3.09. The minimum absolute atomic E-state index is 0.0174. The maximum absolute atomic E-state index is 12.0. The zero-order valence-electron chi connectivity index (χ0n) is 11.1. The summed E-state index contributed by atoms with van der Waals surface area (Å²) in [6.07, 6.45) is 1.18. The summed E-state index contributed by atoms with van der Waals surface area (Å²) >= 11 is 9.32. The first-order chi connectivity index (χ1) is 9.56. The van der Waals surface area contributed by atoms with Crippen LogP contribution in [0.2, 0.25) is 5.02 Å². The van der Waals surface area contributed by atoms with Gasteiger partial charge in [0.05, 0.1) is 5.69 Å². The zero-order chi connectivity index (χ0) is 14.5. The molecule has 0 atom stereocenters. The summed E-state index contributed by atoms with van der Waals surface area (Å²) in [5, 5.41) is 3.47. The zero-order valence-corrected chi connectivity index (χ0v) is 13.5. The number of carbonyl (C=O) groups is 1. The Labute approximate surface area is 132 Å². The number of hydrogen-bond acceptors (Lipinski definition) is 1. The number of hydrogen-bond donors (Lipinski definition) is 1. The minimum Gasteiger partial charge on any atom is -0.325 e. The van der Waals surface area contributed by atoms with Gasteiger partial charge in [-0.25, -0.2) is 0 Å². The molecule has 2 nitrogen and oxygen atoms in total. The molecule has 0 radical (unpaired) electrons. The van der Waals surface area contributed by atoms with Crippen molar-refractivity contribution in [2.24, 2.45) is 0 Å². The lowest BCUT2D eigenvalue weighted by atomic mass is 10.0. The fraction of sp³-hybridized carbons (Fsp3) is 0.188. The number of halogens is 2. The highest BCUT2D eigenvalue weighted by atomic mass is 79.9. The van der Waals surface area contributed by atoms with E-state index >= 15 is 0 Å². The predicted molar refractivity (Wildman–Crippen MR) is 87.3 cm³/mol. The normalized spacial score (nSPS) is 10.3. The third kappa shape index (κ3) is 4.09. The van der Waals surface area contributed by atoms with Gasteiger partial charge in [0.15, 0.2) is 0 Å². The van der Waals surface area contributed by atoms with Gasteiger partial charge >= 0.3 is 0 Å². The van der Waals surface area contributed by atoms with E-state index < -0.39 is 0 Å². The van der Waals surface area contributed by atoms with Crippen LogP contribution in [0.1, 0.15) is 17.5 Å². The smallest absolute Gasteiger partial charge is 0.224 e. The average molecular weight is 353 g/mol. The molecule has 0 saturated heterocycles. The number of benzene rings is 2. The Kier molecular flexibility index (Phi) is 5.21. The standard InChI is InChI=1S/C16H15BrClNO/c1-11-4-2-3-5-12(11)6-9-16(20)19-15-10-13(18)7-8-14(15)17/h2-5,7-8,10H,6,9H2,1H3,(H,19,20). The summed E-state index contributed by atoms with van der Waals surface area (Å²) in [5.41, 5.74) is 3.12. The van der Waals surface area contributed by atoms with Crippen molar-refractivity contribution in [3.63, 3.8) is 0 Å². The van der Waals surface area contributed by atoms with Crippen LogP contribution in [0.3, 0.4) is 0 Å². The fourth-order valence-electron chi connectivity index (χ4n) is 1.94. The van der Waals surface area contributed by atoms with Gasteiger partial charge in [-0.1, -0.05) is 35.9 Å². The molecular formula is C16H15BrClNO. The van der Waals surface area contributed by atoms with E-state index in [1.165, 1.54) is 11.1 Å². The average Bonchev–Trinajstić information content (AvgIpc) is 2.42. The first-order valence-corrected chi connectivity index (χ1v) is 7.53. The summed E-state index contributed by atoms with van der Waals surface area (Å²) in [6.45, 7) is 2.06. The van der Waals surface area contributed by atoms with Crippen LogP contribution in [0.4, 0.5) is 5.69 Å².